The van der Waals surface area contributed by atoms with Gasteiger partial charge in [0.05, 0.1) is 17.6 Å². The molecule has 2 aromatic carbocycles. The molecule has 5 rings (SSSR count). The summed E-state index contributed by atoms with van der Waals surface area (Å²) in [6.07, 6.45) is -1.33. The number of aromatic nitrogens is 8. The summed E-state index contributed by atoms with van der Waals surface area (Å²) >= 11 is 0. The molecule has 13 heteroatoms. The summed E-state index contributed by atoms with van der Waals surface area (Å²) in [4.78, 5) is 9.40. The monoisotopic (exact) mass is 439 g/mol. The molecule has 0 radical (unpaired) electrons. The lowest BCUT2D eigenvalue weighted by Gasteiger charge is -2.03. The number of nitrogens with zero attached hydrogens (tertiary/aromatic N) is 8. The van der Waals surface area contributed by atoms with Crippen LogP contribution >= 0.6 is 0 Å². The first-order chi connectivity index (χ1) is 15.5. The molecule has 0 fully saturated rings. The highest BCUT2D eigenvalue weighted by molar-refractivity contribution is 5.83. The van der Waals surface area contributed by atoms with Gasteiger partial charge < -0.3 is 10.2 Å². The maximum Gasteiger partial charge on any atom is 0.314 e. The number of nitrogen functional groups attached to an aromatic ring is 1. The van der Waals surface area contributed by atoms with Gasteiger partial charge in [-0.25, -0.2) is 14.4 Å². The first kappa shape index (κ1) is 19.5. The van der Waals surface area contributed by atoms with E-state index in [1.54, 1.807) is 24.4 Å². The van der Waals surface area contributed by atoms with Crippen molar-refractivity contribution in [3.63, 3.8) is 0 Å². The van der Waals surface area contributed by atoms with E-state index < -0.39 is 18.1 Å². The fourth-order valence-electron chi connectivity index (χ4n) is 3.04. The van der Waals surface area contributed by atoms with Gasteiger partial charge in [-0.05, 0) is 41.1 Å². The van der Waals surface area contributed by atoms with Crippen LogP contribution in [-0.2, 0) is 6.54 Å². The van der Waals surface area contributed by atoms with E-state index in [4.69, 9.17) is 10.2 Å². The van der Waals surface area contributed by atoms with Crippen molar-refractivity contribution in [2.75, 3.05) is 5.73 Å². The molecule has 32 heavy (non-hydrogen) atoms. The highest BCUT2D eigenvalue weighted by Crippen LogP contribution is 2.26. The van der Waals surface area contributed by atoms with Crippen LogP contribution in [0.2, 0.25) is 0 Å². The van der Waals surface area contributed by atoms with Crippen LogP contribution in [0.1, 0.15) is 17.9 Å². The van der Waals surface area contributed by atoms with Crippen molar-refractivity contribution in [1.29, 1.82) is 0 Å². The van der Waals surface area contributed by atoms with E-state index in [-0.39, 0.29) is 23.9 Å². The standard InChI is InChI=1S/C19H12F3N9O/c20-13-5-9(1-3-12(13)17-27-28-18(32-17)15(21)22)8-31-29-16(26-30-31)10-2-4-14-11(6-10)7-24-19(23)25-14/h1-7,15H,8H2,(H2,23,24,25). The zero-order valence-electron chi connectivity index (χ0n) is 16.0. The van der Waals surface area contributed by atoms with Crippen molar-refractivity contribution < 1.29 is 17.6 Å². The number of fused-ring (bicyclic) bond motifs is 1. The number of anilines is 1. The zero-order chi connectivity index (χ0) is 22.2. The smallest absolute Gasteiger partial charge is 0.314 e. The average molecular weight is 439 g/mol. The SMILES string of the molecule is Nc1ncc2cc(-c3nnn(Cc4ccc(-c5nnc(C(F)F)o5)c(F)c4)n3)ccc2n1. The molecule has 5 aromatic rings. The summed E-state index contributed by atoms with van der Waals surface area (Å²) in [7, 11) is 0. The van der Waals surface area contributed by atoms with E-state index >= 15 is 0 Å². The van der Waals surface area contributed by atoms with Crippen molar-refractivity contribution in [3.05, 3.63) is 59.9 Å². The number of benzene rings is 2. The van der Waals surface area contributed by atoms with Crippen LogP contribution in [0, 0.1) is 5.82 Å². The molecule has 0 bridgehead atoms. The number of halogens is 3. The fraction of sp³-hybridized carbons (Fsp3) is 0.105. The summed E-state index contributed by atoms with van der Waals surface area (Å²) in [5.41, 5.74) is 7.41. The van der Waals surface area contributed by atoms with Gasteiger partial charge in [-0.2, -0.15) is 13.6 Å². The van der Waals surface area contributed by atoms with Crippen molar-refractivity contribution in [1.82, 2.24) is 40.4 Å². The maximum atomic E-state index is 14.5. The lowest BCUT2D eigenvalue weighted by Crippen LogP contribution is -2.04. The van der Waals surface area contributed by atoms with Crippen LogP contribution in [0.4, 0.5) is 19.1 Å². The second-order valence-electron chi connectivity index (χ2n) is 6.71. The number of rotatable bonds is 5. The largest absolute Gasteiger partial charge is 0.415 e. The Bertz CT molecular complexity index is 1430. The number of nitrogens with two attached hydrogens (primary N) is 1. The average Bonchev–Trinajstić information content (AvgIpc) is 3.44. The highest BCUT2D eigenvalue weighted by atomic mass is 19.3. The Kier molecular flexibility index (Phi) is 4.69. The quantitative estimate of drug-likeness (QED) is 0.438. The van der Waals surface area contributed by atoms with E-state index in [1.165, 1.54) is 16.9 Å². The van der Waals surface area contributed by atoms with E-state index in [9.17, 15) is 13.2 Å². The van der Waals surface area contributed by atoms with Gasteiger partial charge >= 0.3 is 6.43 Å². The summed E-state index contributed by atoms with van der Waals surface area (Å²) in [6.45, 7) is 0.129. The Morgan fingerprint density at radius 2 is 1.94 bits per heavy atom. The molecule has 160 valence electrons. The van der Waals surface area contributed by atoms with Crippen LogP contribution in [0.15, 0.2) is 47.0 Å². The Balaban J connectivity index is 1.36. The minimum Gasteiger partial charge on any atom is -0.415 e. The number of hydrogen-bond acceptors (Lipinski definition) is 9. The molecular formula is C19H12F3N9O. The summed E-state index contributed by atoms with van der Waals surface area (Å²) in [5.74, 6) is -1.35. The van der Waals surface area contributed by atoms with E-state index in [1.807, 2.05) is 6.07 Å². The summed E-state index contributed by atoms with van der Waals surface area (Å²) in [5, 5.41) is 19.8. The third kappa shape index (κ3) is 3.71. The van der Waals surface area contributed by atoms with Crippen LogP contribution in [0.3, 0.4) is 0 Å². The predicted octanol–water partition coefficient (Wildman–Crippen LogP) is 3.04. The topological polar surface area (TPSA) is 134 Å². The van der Waals surface area contributed by atoms with Gasteiger partial charge in [0.1, 0.15) is 5.82 Å². The van der Waals surface area contributed by atoms with Gasteiger partial charge in [-0.15, -0.1) is 20.4 Å². The summed E-state index contributed by atoms with van der Waals surface area (Å²) < 4.78 is 44.5. The number of tetrazole rings is 1. The van der Waals surface area contributed by atoms with Gasteiger partial charge in [-0.1, -0.05) is 6.07 Å². The lowest BCUT2D eigenvalue weighted by molar-refractivity contribution is 0.116. The molecular weight excluding hydrogens is 427 g/mol. The van der Waals surface area contributed by atoms with Crippen LogP contribution in [-0.4, -0.2) is 40.4 Å². The van der Waals surface area contributed by atoms with Crippen LogP contribution < -0.4 is 5.73 Å². The van der Waals surface area contributed by atoms with Gasteiger partial charge in [-0.3, -0.25) is 0 Å². The molecule has 0 atom stereocenters. The number of alkyl halides is 2. The minimum absolute atomic E-state index is 0.0839. The third-order valence-corrected chi connectivity index (χ3v) is 4.52. The molecule has 3 aromatic heterocycles. The summed E-state index contributed by atoms with van der Waals surface area (Å²) in [6, 6.07) is 9.51. The minimum atomic E-state index is -2.93. The van der Waals surface area contributed by atoms with Crippen LogP contribution in [0.25, 0.3) is 33.7 Å². The first-order valence-electron chi connectivity index (χ1n) is 9.17. The number of hydrogen-bond donors (Lipinski definition) is 1. The Morgan fingerprint density at radius 1 is 1.06 bits per heavy atom. The molecule has 3 heterocycles. The van der Waals surface area contributed by atoms with Gasteiger partial charge in [0.15, 0.2) is 0 Å². The Hall–Kier alpha value is -4.42. The van der Waals surface area contributed by atoms with Crippen molar-refractivity contribution in [2.24, 2.45) is 0 Å². The molecule has 0 amide bonds. The normalized spacial score (nSPS) is 11.5. The zero-order valence-corrected chi connectivity index (χ0v) is 16.0. The Morgan fingerprint density at radius 3 is 2.72 bits per heavy atom. The second kappa shape index (κ2) is 7.68. The molecule has 0 aliphatic heterocycles. The molecule has 10 nitrogen and oxygen atoms in total. The van der Waals surface area contributed by atoms with Crippen molar-refractivity contribution in [2.45, 2.75) is 13.0 Å². The van der Waals surface area contributed by atoms with Gasteiger partial charge in [0.2, 0.25) is 11.8 Å². The van der Waals surface area contributed by atoms with Crippen molar-refractivity contribution >= 4 is 16.9 Å². The second-order valence-corrected chi connectivity index (χ2v) is 6.71. The molecule has 2 N–H and O–H groups in total. The lowest BCUT2D eigenvalue weighted by atomic mass is 10.1. The first-order valence-corrected chi connectivity index (χ1v) is 9.17. The maximum absolute atomic E-state index is 14.5. The molecule has 0 aliphatic carbocycles. The molecule has 0 saturated carbocycles. The van der Waals surface area contributed by atoms with Crippen molar-refractivity contribution in [3.8, 4) is 22.8 Å². The van der Waals surface area contributed by atoms with Gasteiger partial charge in [0, 0.05) is 17.1 Å². The van der Waals surface area contributed by atoms with E-state index in [2.05, 4.69) is 35.6 Å². The third-order valence-electron chi connectivity index (χ3n) is 4.52. The molecule has 0 spiro atoms. The van der Waals surface area contributed by atoms with Gasteiger partial charge in [0.25, 0.3) is 11.8 Å². The highest BCUT2D eigenvalue weighted by Gasteiger charge is 2.19. The van der Waals surface area contributed by atoms with E-state index in [0.717, 1.165) is 5.39 Å². The fourth-order valence-corrected chi connectivity index (χ4v) is 3.04. The molecule has 0 unspecified atom stereocenters. The van der Waals surface area contributed by atoms with E-state index in [0.29, 0.717) is 22.5 Å². The van der Waals surface area contributed by atoms with Crippen LogP contribution in [0.5, 0.6) is 0 Å². The predicted molar refractivity (Wildman–Crippen MR) is 105 cm³/mol. The Labute approximate surface area is 176 Å². The molecule has 0 saturated heterocycles. The molecule has 0 aliphatic rings.